The van der Waals surface area contributed by atoms with Crippen LogP contribution in [0.5, 0.6) is 5.75 Å². The highest BCUT2D eigenvalue weighted by molar-refractivity contribution is 6.32. The minimum absolute atomic E-state index is 0.437. The molecule has 27 heavy (non-hydrogen) atoms. The van der Waals surface area contributed by atoms with Crippen molar-refractivity contribution >= 4 is 11.6 Å². The number of halogens is 1. The molecule has 2 aromatic carbocycles. The van der Waals surface area contributed by atoms with Gasteiger partial charge in [0.15, 0.2) is 0 Å². The number of rotatable bonds is 5. The lowest BCUT2D eigenvalue weighted by atomic mass is 10.2. The van der Waals surface area contributed by atoms with Crippen molar-refractivity contribution in [1.82, 2.24) is 30.0 Å². The van der Waals surface area contributed by atoms with Crippen LogP contribution in [0.4, 0.5) is 0 Å². The summed E-state index contributed by atoms with van der Waals surface area (Å²) in [5.41, 5.74) is 3.73. The Morgan fingerprint density at radius 2 is 1.78 bits per heavy atom. The maximum atomic E-state index is 6.51. The Morgan fingerprint density at radius 1 is 1.04 bits per heavy atom. The second-order valence-corrected chi connectivity index (χ2v) is 6.45. The second-order valence-electron chi connectivity index (χ2n) is 6.09. The molecular weight excluding hydrogens is 364 g/mol. The molecule has 8 heteroatoms. The number of methoxy groups -OCH3 is 1. The Kier molecular flexibility index (Phi) is 4.60. The molecule has 0 radical (unpaired) electrons. The molecule has 0 N–H and O–H groups in total. The highest BCUT2D eigenvalue weighted by Gasteiger charge is 2.16. The van der Waals surface area contributed by atoms with E-state index in [1.165, 1.54) is 10.4 Å². The fraction of sp³-hybridized carbons (Fsp3) is 0.158. The van der Waals surface area contributed by atoms with Crippen LogP contribution in [0.25, 0.3) is 17.1 Å². The lowest BCUT2D eigenvalue weighted by Gasteiger charge is -2.03. The van der Waals surface area contributed by atoms with Crippen LogP contribution in [0.1, 0.15) is 11.1 Å². The third kappa shape index (κ3) is 3.54. The van der Waals surface area contributed by atoms with E-state index < -0.39 is 0 Å². The van der Waals surface area contributed by atoms with Gasteiger partial charge in [0, 0.05) is 0 Å². The smallest absolute Gasteiger partial charge is 0.209 e. The molecule has 2 heterocycles. The first kappa shape index (κ1) is 17.2. The average Bonchev–Trinajstić information content (AvgIpc) is 3.29. The van der Waals surface area contributed by atoms with E-state index in [1.54, 1.807) is 18.0 Å². The molecule has 7 nitrogen and oxygen atoms in total. The Morgan fingerprint density at radius 3 is 2.48 bits per heavy atom. The summed E-state index contributed by atoms with van der Waals surface area (Å²) in [7, 11) is 1.64. The predicted octanol–water partition coefficient (Wildman–Crippen LogP) is 3.54. The van der Waals surface area contributed by atoms with Crippen LogP contribution in [0.3, 0.4) is 0 Å². The van der Waals surface area contributed by atoms with Gasteiger partial charge >= 0.3 is 0 Å². The first-order valence-electron chi connectivity index (χ1n) is 8.36. The number of aromatic nitrogens is 6. The van der Waals surface area contributed by atoms with Gasteiger partial charge in [0.05, 0.1) is 31.1 Å². The maximum absolute atomic E-state index is 6.51. The van der Waals surface area contributed by atoms with Crippen molar-refractivity contribution in [3.05, 3.63) is 71.0 Å². The van der Waals surface area contributed by atoms with Gasteiger partial charge in [0.2, 0.25) is 5.82 Å². The molecule has 0 unspecified atom stereocenters. The van der Waals surface area contributed by atoms with Crippen molar-refractivity contribution in [1.29, 1.82) is 0 Å². The van der Waals surface area contributed by atoms with E-state index in [4.69, 9.17) is 16.3 Å². The molecule has 0 aliphatic heterocycles. The molecule has 0 bridgehead atoms. The van der Waals surface area contributed by atoms with Crippen LogP contribution >= 0.6 is 11.6 Å². The molecule has 136 valence electrons. The molecule has 2 aromatic heterocycles. The predicted molar refractivity (Wildman–Crippen MR) is 102 cm³/mol. The number of hydrogen-bond donors (Lipinski definition) is 0. The van der Waals surface area contributed by atoms with Crippen LogP contribution < -0.4 is 4.74 Å². The molecule has 0 aliphatic carbocycles. The molecule has 0 saturated heterocycles. The van der Waals surface area contributed by atoms with Crippen molar-refractivity contribution in [2.24, 2.45) is 0 Å². The standard InChI is InChI=1S/C19H17ClN6O/c1-13-3-7-15(8-4-13)26-18(20)17(11-21-26)19-22-24-25(23-19)12-14-5-9-16(27-2)10-6-14/h3-11H,12H2,1-2H3. The van der Waals surface area contributed by atoms with Gasteiger partial charge in [-0.25, -0.2) is 4.68 Å². The van der Waals surface area contributed by atoms with E-state index >= 15 is 0 Å². The fourth-order valence-corrected chi connectivity index (χ4v) is 2.94. The van der Waals surface area contributed by atoms with Gasteiger partial charge in [-0.1, -0.05) is 41.4 Å². The minimum atomic E-state index is 0.437. The number of tetrazole rings is 1. The molecule has 0 atom stereocenters. The number of benzene rings is 2. The second kappa shape index (κ2) is 7.20. The van der Waals surface area contributed by atoms with Gasteiger partial charge in [0.1, 0.15) is 10.9 Å². The molecule has 0 spiro atoms. The van der Waals surface area contributed by atoms with Crippen molar-refractivity contribution < 1.29 is 4.74 Å². The average molecular weight is 381 g/mol. The number of aryl methyl sites for hydroxylation is 1. The van der Waals surface area contributed by atoms with E-state index in [2.05, 4.69) is 20.5 Å². The first-order valence-corrected chi connectivity index (χ1v) is 8.73. The lowest BCUT2D eigenvalue weighted by molar-refractivity contribution is 0.414. The summed E-state index contributed by atoms with van der Waals surface area (Å²) in [6.07, 6.45) is 1.65. The lowest BCUT2D eigenvalue weighted by Crippen LogP contribution is -2.04. The summed E-state index contributed by atoms with van der Waals surface area (Å²) in [6.45, 7) is 2.53. The number of nitrogens with zero attached hydrogens (tertiary/aromatic N) is 6. The molecule has 0 aliphatic rings. The van der Waals surface area contributed by atoms with Gasteiger partial charge in [-0.3, -0.25) is 0 Å². The van der Waals surface area contributed by atoms with Gasteiger partial charge in [-0.05, 0) is 42.0 Å². The van der Waals surface area contributed by atoms with Gasteiger partial charge < -0.3 is 4.74 Å². The van der Waals surface area contributed by atoms with Crippen LogP contribution in [-0.2, 0) is 6.54 Å². The van der Waals surface area contributed by atoms with Gasteiger partial charge in [0.25, 0.3) is 0 Å². The first-order chi connectivity index (χ1) is 13.1. The van der Waals surface area contributed by atoms with Gasteiger partial charge in [-0.2, -0.15) is 9.90 Å². The summed E-state index contributed by atoms with van der Waals surface area (Å²) >= 11 is 6.51. The molecule has 4 aromatic rings. The van der Waals surface area contributed by atoms with E-state index in [0.717, 1.165) is 17.0 Å². The zero-order chi connectivity index (χ0) is 18.8. The van der Waals surface area contributed by atoms with E-state index in [-0.39, 0.29) is 0 Å². The van der Waals surface area contributed by atoms with E-state index in [9.17, 15) is 0 Å². The molecule has 0 fully saturated rings. The largest absolute Gasteiger partial charge is 0.497 e. The molecule has 0 amide bonds. The van der Waals surface area contributed by atoms with Crippen LogP contribution in [-0.4, -0.2) is 37.1 Å². The van der Waals surface area contributed by atoms with Crippen molar-refractivity contribution in [2.45, 2.75) is 13.5 Å². The zero-order valence-electron chi connectivity index (χ0n) is 14.9. The summed E-state index contributed by atoms with van der Waals surface area (Å²) in [4.78, 5) is 1.52. The summed E-state index contributed by atoms with van der Waals surface area (Å²) < 4.78 is 6.82. The molecular formula is C19H17ClN6O. The Balaban J connectivity index is 1.57. The molecule has 4 rings (SSSR count). The van der Waals surface area contributed by atoms with Crippen LogP contribution in [0.2, 0.25) is 5.15 Å². The van der Waals surface area contributed by atoms with Crippen LogP contribution in [0.15, 0.2) is 54.7 Å². The Bertz CT molecular complexity index is 1050. The maximum Gasteiger partial charge on any atom is 0.209 e. The van der Waals surface area contributed by atoms with Crippen LogP contribution in [0, 0.1) is 6.92 Å². The highest BCUT2D eigenvalue weighted by Crippen LogP contribution is 2.27. The number of hydrogen-bond acceptors (Lipinski definition) is 5. The zero-order valence-corrected chi connectivity index (χ0v) is 15.6. The van der Waals surface area contributed by atoms with Gasteiger partial charge in [-0.15, -0.1) is 10.2 Å². The summed E-state index contributed by atoms with van der Waals surface area (Å²) in [5, 5.41) is 17.5. The Hall–Kier alpha value is -3.19. The Labute approximate surface area is 161 Å². The van der Waals surface area contributed by atoms with Crippen molar-refractivity contribution in [3.8, 4) is 22.8 Å². The fourth-order valence-electron chi connectivity index (χ4n) is 2.66. The number of ether oxygens (including phenoxy) is 1. The minimum Gasteiger partial charge on any atom is -0.497 e. The van der Waals surface area contributed by atoms with E-state index in [1.807, 2.05) is 55.5 Å². The van der Waals surface area contributed by atoms with Crippen molar-refractivity contribution in [2.75, 3.05) is 7.11 Å². The topological polar surface area (TPSA) is 70.7 Å². The summed E-state index contributed by atoms with van der Waals surface area (Å²) in [6, 6.07) is 15.7. The normalized spacial score (nSPS) is 10.9. The monoisotopic (exact) mass is 380 g/mol. The summed E-state index contributed by atoms with van der Waals surface area (Å²) in [5.74, 6) is 1.24. The van der Waals surface area contributed by atoms with E-state index in [0.29, 0.717) is 23.1 Å². The third-order valence-electron chi connectivity index (χ3n) is 4.17. The van der Waals surface area contributed by atoms with Crippen molar-refractivity contribution in [3.63, 3.8) is 0 Å². The third-order valence-corrected chi connectivity index (χ3v) is 4.53. The molecule has 0 saturated carbocycles. The highest BCUT2D eigenvalue weighted by atomic mass is 35.5. The SMILES string of the molecule is COc1ccc(Cn2nnc(-c3cnn(-c4ccc(C)cc4)c3Cl)n2)cc1. The quantitative estimate of drug-likeness (QED) is 0.529.